The first-order valence-corrected chi connectivity index (χ1v) is 16.1. The second kappa shape index (κ2) is 10.2. The van der Waals surface area contributed by atoms with Crippen LogP contribution >= 0.6 is 0 Å². The Morgan fingerprint density at radius 3 is 1.80 bits per heavy atom. The van der Waals surface area contributed by atoms with Crippen LogP contribution in [0.5, 0.6) is 0 Å². The standard InChI is InChI=1S/C45H33N/c1-45(2)41-20-8-6-18-37(41)38-24-22-34(28-42(38)45)31-14-10-15-32(26-31)35-23-25-40-39-19-7-9-21-43(39)46(44(40)29-35)36-17-11-16-33(27-36)30-12-4-3-5-13-30/h3-29H,1-2H3. The molecular weight excluding hydrogens is 555 g/mol. The van der Waals surface area contributed by atoms with Crippen molar-refractivity contribution in [2.75, 3.05) is 0 Å². The van der Waals surface area contributed by atoms with Crippen LogP contribution in [0.2, 0.25) is 0 Å². The molecule has 1 nitrogen and oxygen atoms in total. The number of fused-ring (bicyclic) bond motifs is 6. The van der Waals surface area contributed by atoms with E-state index < -0.39 is 0 Å². The van der Waals surface area contributed by atoms with Crippen molar-refractivity contribution < 1.29 is 0 Å². The van der Waals surface area contributed by atoms with Gasteiger partial charge in [-0.25, -0.2) is 0 Å². The number of para-hydroxylation sites is 1. The average molecular weight is 588 g/mol. The Labute approximate surface area is 270 Å². The summed E-state index contributed by atoms with van der Waals surface area (Å²) in [7, 11) is 0. The van der Waals surface area contributed by atoms with Gasteiger partial charge in [-0.05, 0) is 92.0 Å². The lowest BCUT2D eigenvalue weighted by Gasteiger charge is -2.22. The lowest BCUT2D eigenvalue weighted by atomic mass is 9.81. The highest BCUT2D eigenvalue weighted by atomic mass is 15.0. The predicted octanol–water partition coefficient (Wildman–Crippen LogP) is 12.1. The smallest absolute Gasteiger partial charge is 0.0547 e. The maximum atomic E-state index is 2.42. The van der Waals surface area contributed by atoms with E-state index in [4.69, 9.17) is 0 Å². The van der Waals surface area contributed by atoms with Crippen molar-refractivity contribution in [3.63, 3.8) is 0 Å². The number of rotatable bonds is 4. The summed E-state index contributed by atoms with van der Waals surface area (Å²) in [6.45, 7) is 4.70. The average Bonchev–Trinajstić information content (AvgIpc) is 3.57. The van der Waals surface area contributed by atoms with E-state index in [-0.39, 0.29) is 5.41 Å². The predicted molar refractivity (Wildman–Crippen MR) is 195 cm³/mol. The molecule has 0 spiro atoms. The summed E-state index contributed by atoms with van der Waals surface area (Å²) >= 11 is 0. The first kappa shape index (κ1) is 26.7. The third-order valence-electron chi connectivity index (χ3n) is 10.00. The van der Waals surface area contributed by atoms with Gasteiger partial charge in [-0.15, -0.1) is 0 Å². The molecule has 1 heterocycles. The minimum Gasteiger partial charge on any atom is -0.309 e. The summed E-state index contributed by atoms with van der Waals surface area (Å²) in [6.07, 6.45) is 0. The molecule has 9 rings (SSSR count). The monoisotopic (exact) mass is 587 g/mol. The van der Waals surface area contributed by atoms with Gasteiger partial charge in [0.15, 0.2) is 0 Å². The van der Waals surface area contributed by atoms with Crippen molar-refractivity contribution in [1.29, 1.82) is 0 Å². The molecule has 1 aliphatic rings. The topological polar surface area (TPSA) is 4.93 Å². The third kappa shape index (κ3) is 4.09. The summed E-state index contributed by atoms with van der Waals surface area (Å²) in [4.78, 5) is 0. The van der Waals surface area contributed by atoms with Crippen molar-refractivity contribution >= 4 is 21.8 Å². The first-order valence-electron chi connectivity index (χ1n) is 16.1. The summed E-state index contributed by atoms with van der Waals surface area (Å²) in [5.74, 6) is 0. The van der Waals surface area contributed by atoms with Crippen LogP contribution < -0.4 is 0 Å². The van der Waals surface area contributed by atoms with Crippen LogP contribution in [0.15, 0.2) is 164 Å². The lowest BCUT2D eigenvalue weighted by molar-refractivity contribution is 0.660. The lowest BCUT2D eigenvalue weighted by Crippen LogP contribution is -2.14. The highest BCUT2D eigenvalue weighted by molar-refractivity contribution is 6.10. The second-order valence-electron chi connectivity index (χ2n) is 13.0. The largest absolute Gasteiger partial charge is 0.309 e. The third-order valence-corrected chi connectivity index (χ3v) is 10.00. The van der Waals surface area contributed by atoms with E-state index in [0.29, 0.717) is 0 Å². The van der Waals surface area contributed by atoms with E-state index >= 15 is 0 Å². The number of hydrogen-bond donors (Lipinski definition) is 0. The molecule has 0 radical (unpaired) electrons. The molecule has 0 fully saturated rings. The Hall–Kier alpha value is -5.66. The van der Waals surface area contributed by atoms with Crippen LogP contribution in [-0.2, 0) is 5.41 Å². The van der Waals surface area contributed by atoms with Gasteiger partial charge in [-0.2, -0.15) is 0 Å². The normalized spacial score (nSPS) is 13.2. The van der Waals surface area contributed by atoms with Crippen LogP contribution in [0.25, 0.3) is 72.0 Å². The number of nitrogens with zero attached hydrogens (tertiary/aromatic N) is 1. The Balaban J connectivity index is 1.17. The van der Waals surface area contributed by atoms with E-state index in [0.717, 1.165) is 0 Å². The maximum absolute atomic E-state index is 2.42. The molecule has 0 atom stereocenters. The van der Waals surface area contributed by atoms with Crippen LogP contribution in [-0.4, -0.2) is 4.57 Å². The van der Waals surface area contributed by atoms with Crippen LogP contribution in [0.4, 0.5) is 0 Å². The van der Waals surface area contributed by atoms with Gasteiger partial charge in [0.05, 0.1) is 11.0 Å². The van der Waals surface area contributed by atoms with Crippen LogP contribution in [0.3, 0.4) is 0 Å². The van der Waals surface area contributed by atoms with Crippen molar-refractivity contribution in [3.05, 3.63) is 175 Å². The number of hydrogen-bond acceptors (Lipinski definition) is 0. The molecule has 0 N–H and O–H groups in total. The zero-order valence-electron chi connectivity index (χ0n) is 26.0. The van der Waals surface area contributed by atoms with Gasteiger partial charge in [-0.1, -0.05) is 141 Å². The molecule has 1 heteroatoms. The molecule has 1 aliphatic carbocycles. The fraction of sp³-hybridized carbons (Fsp3) is 0.0667. The molecule has 0 saturated carbocycles. The van der Waals surface area contributed by atoms with E-state index in [1.54, 1.807) is 0 Å². The van der Waals surface area contributed by atoms with E-state index in [2.05, 4.69) is 182 Å². The first-order chi connectivity index (χ1) is 22.6. The molecule has 1 aromatic heterocycles. The Morgan fingerprint density at radius 1 is 0.370 bits per heavy atom. The zero-order chi connectivity index (χ0) is 30.8. The van der Waals surface area contributed by atoms with Gasteiger partial charge < -0.3 is 4.57 Å². The van der Waals surface area contributed by atoms with Crippen molar-refractivity contribution in [2.45, 2.75) is 19.3 Å². The molecular formula is C45H33N. The maximum Gasteiger partial charge on any atom is 0.0547 e. The highest BCUT2D eigenvalue weighted by Gasteiger charge is 2.35. The van der Waals surface area contributed by atoms with Gasteiger partial charge in [0, 0.05) is 21.9 Å². The molecule has 0 unspecified atom stereocenters. The van der Waals surface area contributed by atoms with E-state index in [9.17, 15) is 0 Å². The van der Waals surface area contributed by atoms with Crippen LogP contribution in [0, 0.1) is 0 Å². The van der Waals surface area contributed by atoms with Gasteiger partial charge in [0.2, 0.25) is 0 Å². The Morgan fingerprint density at radius 2 is 0.957 bits per heavy atom. The van der Waals surface area contributed by atoms with Gasteiger partial charge in [0.1, 0.15) is 0 Å². The highest BCUT2D eigenvalue weighted by Crippen LogP contribution is 2.49. The minimum absolute atomic E-state index is 0.0180. The molecule has 0 amide bonds. The summed E-state index contributed by atoms with van der Waals surface area (Å²) < 4.78 is 2.42. The molecule has 0 bridgehead atoms. The summed E-state index contributed by atoms with van der Waals surface area (Å²) in [6, 6.07) is 60.1. The van der Waals surface area contributed by atoms with Crippen LogP contribution in [0.1, 0.15) is 25.0 Å². The summed E-state index contributed by atoms with van der Waals surface area (Å²) in [5, 5.41) is 2.53. The Bertz CT molecular complexity index is 2440. The quantitative estimate of drug-likeness (QED) is 0.193. The fourth-order valence-electron chi connectivity index (χ4n) is 7.65. The van der Waals surface area contributed by atoms with Gasteiger partial charge in [0.25, 0.3) is 0 Å². The van der Waals surface area contributed by atoms with Gasteiger partial charge in [-0.3, -0.25) is 0 Å². The van der Waals surface area contributed by atoms with Crippen molar-refractivity contribution in [2.24, 2.45) is 0 Å². The molecule has 8 aromatic rings. The van der Waals surface area contributed by atoms with E-state index in [1.165, 1.54) is 83.1 Å². The number of benzene rings is 7. The van der Waals surface area contributed by atoms with Crippen molar-refractivity contribution in [1.82, 2.24) is 4.57 Å². The van der Waals surface area contributed by atoms with Crippen molar-refractivity contribution in [3.8, 4) is 50.2 Å². The minimum atomic E-state index is -0.0180. The molecule has 7 aromatic carbocycles. The Kier molecular flexibility index (Phi) is 5.92. The second-order valence-corrected chi connectivity index (χ2v) is 13.0. The molecule has 0 saturated heterocycles. The number of aromatic nitrogens is 1. The van der Waals surface area contributed by atoms with E-state index in [1.807, 2.05) is 0 Å². The zero-order valence-corrected chi connectivity index (χ0v) is 26.0. The SMILES string of the molecule is CC1(C)c2ccccc2-c2ccc(-c3cccc(-c4ccc5c6ccccc6n(-c6cccc(-c7ccccc7)c6)c5c4)c3)cc21. The molecule has 0 aliphatic heterocycles. The molecule has 46 heavy (non-hydrogen) atoms. The summed E-state index contributed by atoms with van der Waals surface area (Å²) in [5.41, 5.74) is 16.5. The molecule has 218 valence electrons. The fourth-order valence-corrected chi connectivity index (χ4v) is 7.65. The van der Waals surface area contributed by atoms with Gasteiger partial charge >= 0.3 is 0 Å².